The molecular weight excluding hydrogens is 638 g/mol. The molecule has 0 bridgehead atoms. The zero-order valence-electron chi connectivity index (χ0n) is 24.7. The lowest BCUT2D eigenvalue weighted by atomic mass is 10.1. The predicted molar refractivity (Wildman–Crippen MR) is 166 cm³/mol. The minimum atomic E-state index is -4.89. The normalized spacial score (nSPS) is 12.6. The van der Waals surface area contributed by atoms with E-state index in [1.165, 1.54) is 29.2 Å². The number of carbonyl (C=O) groups is 2. The van der Waals surface area contributed by atoms with Crippen molar-refractivity contribution < 1.29 is 31.2 Å². The molecule has 238 valence electrons. The molecule has 0 saturated heterocycles. The summed E-state index contributed by atoms with van der Waals surface area (Å²) in [5, 5.41) is 2.64. The number of nitrogens with zero attached hydrogens (tertiary/aromatic N) is 2. The van der Waals surface area contributed by atoms with Gasteiger partial charge in [0, 0.05) is 18.1 Å². The number of hydrogen-bond donors (Lipinski definition) is 1. The van der Waals surface area contributed by atoms with Crippen molar-refractivity contribution in [2.45, 2.75) is 57.8 Å². The monoisotopic (exact) mass is 671 g/mol. The van der Waals surface area contributed by atoms with Crippen LogP contribution < -0.4 is 9.62 Å². The summed E-state index contributed by atoms with van der Waals surface area (Å²) in [4.78, 5) is 28.4. The second-order valence-electron chi connectivity index (χ2n) is 10.7. The molecule has 1 unspecified atom stereocenters. The molecule has 0 aromatic heterocycles. The summed E-state index contributed by atoms with van der Waals surface area (Å²) in [5.74, 6) is -1.12. The average molecular weight is 673 g/mol. The summed E-state index contributed by atoms with van der Waals surface area (Å²) in [6.07, 6.45) is -4.70. The van der Waals surface area contributed by atoms with Gasteiger partial charge in [0.15, 0.2) is 0 Å². The van der Waals surface area contributed by atoms with Crippen molar-refractivity contribution in [1.82, 2.24) is 10.2 Å². The Labute approximate surface area is 266 Å². The SMILES string of the molecule is CCC(C(=O)NCC(C)C)N(Cc1ccc(Cl)cc1)C(=O)CN(c1ccc(Cl)c(C(F)(F)F)c1)S(=O)(=O)c1ccc(C)cc1. The molecule has 0 heterocycles. The lowest BCUT2D eigenvalue weighted by molar-refractivity contribution is -0.140. The molecule has 0 radical (unpaired) electrons. The summed E-state index contributed by atoms with van der Waals surface area (Å²) in [6.45, 7) is 6.64. The average Bonchev–Trinajstić information content (AvgIpc) is 2.95. The first-order valence-electron chi connectivity index (χ1n) is 13.8. The third-order valence-electron chi connectivity index (χ3n) is 6.77. The second-order valence-corrected chi connectivity index (χ2v) is 13.4. The van der Waals surface area contributed by atoms with Crippen LogP contribution in [0.15, 0.2) is 71.6 Å². The zero-order chi connectivity index (χ0) is 32.8. The van der Waals surface area contributed by atoms with E-state index in [-0.39, 0.29) is 23.8 Å². The van der Waals surface area contributed by atoms with Gasteiger partial charge in [-0.25, -0.2) is 8.42 Å². The zero-order valence-corrected chi connectivity index (χ0v) is 27.0. The maximum absolute atomic E-state index is 14.1. The van der Waals surface area contributed by atoms with Crippen LogP contribution in [0, 0.1) is 12.8 Å². The molecule has 0 fully saturated rings. The highest BCUT2D eigenvalue weighted by Gasteiger charge is 2.37. The number of sulfonamides is 1. The Morgan fingerprint density at radius 3 is 2.11 bits per heavy atom. The number of anilines is 1. The fourth-order valence-electron chi connectivity index (χ4n) is 4.38. The quantitative estimate of drug-likeness (QED) is 0.223. The van der Waals surface area contributed by atoms with Gasteiger partial charge in [-0.3, -0.25) is 13.9 Å². The summed E-state index contributed by atoms with van der Waals surface area (Å²) in [6, 6.07) is 13.9. The summed E-state index contributed by atoms with van der Waals surface area (Å²) < 4.78 is 69.9. The molecule has 0 spiro atoms. The Hall–Kier alpha value is -3.28. The molecule has 1 atom stereocenters. The van der Waals surface area contributed by atoms with Gasteiger partial charge in [-0.05, 0) is 67.3 Å². The van der Waals surface area contributed by atoms with Crippen molar-refractivity contribution in [3.05, 3.63) is 93.5 Å². The summed E-state index contributed by atoms with van der Waals surface area (Å²) >= 11 is 11.8. The van der Waals surface area contributed by atoms with E-state index in [0.29, 0.717) is 27.5 Å². The van der Waals surface area contributed by atoms with Gasteiger partial charge in [-0.2, -0.15) is 13.2 Å². The van der Waals surface area contributed by atoms with Gasteiger partial charge < -0.3 is 10.2 Å². The van der Waals surface area contributed by atoms with Crippen LogP contribution in [-0.2, 0) is 32.3 Å². The standard InChI is InChI=1S/C31H34Cl2F3N3O4S/c1-5-28(30(41)37-17-20(2)3)38(18-22-8-10-23(32)11-9-22)29(40)19-39(44(42,43)25-13-6-21(4)7-14-25)24-12-15-27(33)26(16-24)31(34,35)36/h6-16,20,28H,5,17-19H2,1-4H3,(H,37,41). The second kappa shape index (κ2) is 14.7. The predicted octanol–water partition coefficient (Wildman–Crippen LogP) is 7.10. The van der Waals surface area contributed by atoms with Crippen molar-refractivity contribution in [3.63, 3.8) is 0 Å². The summed E-state index contributed by atoms with van der Waals surface area (Å²) in [7, 11) is -4.57. The van der Waals surface area contributed by atoms with Crippen molar-refractivity contribution in [2.24, 2.45) is 5.92 Å². The molecule has 44 heavy (non-hydrogen) atoms. The van der Waals surface area contributed by atoms with Gasteiger partial charge in [0.2, 0.25) is 11.8 Å². The Morgan fingerprint density at radius 1 is 0.955 bits per heavy atom. The Balaban J connectivity index is 2.13. The van der Waals surface area contributed by atoms with E-state index < -0.39 is 56.9 Å². The first-order valence-corrected chi connectivity index (χ1v) is 16.0. The van der Waals surface area contributed by atoms with Crippen LogP contribution in [0.4, 0.5) is 18.9 Å². The number of aryl methyl sites for hydroxylation is 1. The van der Waals surface area contributed by atoms with Crippen LogP contribution in [0.5, 0.6) is 0 Å². The number of halogens is 5. The van der Waals surface area contributed by atoms with E-state index in [1.54, 1.807) is 38.1 Å². The highest BCUT2D eigenvalue weighted by Crippen LogP contribution is 2.38. The van der Waals surface area contributed by atoms with E-state index in [9.17, 15) is 31.2 Å². The Bertz CT molecular complexity index is 1570. The van der Waals surface area contributed by atoms with Crippen LogP contribution in [0.25, 0.3) is 0 Å². The largest absolute Gasteiger partial charge is 0.417 e. The number of carbonyl (C=O) groups excluding carboxylic acids is 2. The number of alkyl halides is 3. The summed E-state index contributed by atoms with van der Waals surface area (Å²) in [5.41, 5.74) is -0.313. The maximum Gasteiger partial charge on any atom is 0.417 e. The molecule has 1 N–H and O–H groups in total. The van der Waals surface area contributed by atoms with E-state index >= 15 is 0 Å². The molecule has 0 aliphatic heterocycles. The Kier molecular flexibility index (Phi) is 11.7. The number of amides is 2. The van der Waals surface area contributed by atoms with E-state index in [1.807, 2.05) is 13.8 Å². The van der Waals surface area contributed by atoms with E-state index in [4.69, 9.17) is 23.2 Å². The molecule has 0 aliphatic rings. The first-order chi connectivity index (χ1) is 20.5. The smallest absolute Gasteiger partial charge is 0.354 e. The molecule has 3 aromatic carbocycles. The van der Waals surface area contributed by atoms with Gasteiger partial charge >= 0.3 is 6.18 Å². The highest BCUT2D eigenvalue weighted by molar-refractivity contribution is 7.92. The highest BCUT2D eigenvalue weighted by atomic mass is 35.5. The van der Waals surface area contributed by atoms with Crippen LogP contribution in [0.3, 0.4) is 0 Å². The molecule has 3 aromatic rings. The van der Waals surface area contributed by atoms with Gasteiger partial charge in [-0.1, -0.05) is 73.8 Å². The van der Waals surface area contributed by atoms with Crippen LogP contribution >= 0.6 is 23.2 Å². The Morgan fingerprint density at radius 2 is 1.57 bits per heavy atom. The van der Waals surface area contributed by atoms with Gasteiger partial charge in [-0.15, -0.1) is 0 Å². The molecule has 7 nitrogen and oxygen atoms in total. The van der Waals surface area contributed by atoms with E-state index in [0.717, 1.165) is 17.7 Å². The van der Waals surface area contributed by atoms with Crippen LogP contribution in [0.1, 0.15) is 43.9 Å². The maximum atomic E-state index is 14.1. The van der Waals surface area contributed by atoms with Gasteiger partial charge in [0.1, 0.15) is 12.6 Å². The molecule has 0 aliphatic carbocycles. The first kappa shape index (κ1) is 35.2. The minimum absolute atomic E-state index is 0.0869. The molecule has 13 heteroatoms. The third kappa shape index (κ3) is 8.89. The molecule has 0 saturated carbocycles. The van der Waals surface area contributed by atoms with Crippen molar-refractivity contribution in [2.75, 3.05) is 17.4 Å². The molecule has 3 rings (SSSR count). The van der Waals surface area contributed by atoms with Crippen molar-refractivity contribution in [1.29, 1.82) is 0 Å². The molecular formula is C31H34Cl2F3N3O4S. The minimum Gasteiger partial charge on any atom is -0.354 e. The van der Waals surface area contributed by atoms with Crippen molar-refractivity contribution >= 4 is 50.7 Å². The van der Waals surface area contributed by atoms with E-state index in [2.05, 4.69) is 5.32 Å². The van der Waals surface area contributed by atoms with Crippen LogP contribution in [-0.4, -0.2) is 44.3 Å². The number of nitrogens with one attached hydrogen (secondary N) is 1. The van der Waals surface area contributed by atoms with Crippen LogP contribution in [0.2, 0.25) is 10.0 Å². The lowest BCUT2D eigenvalue weighted by Crippen LogP contribution is -2.52. The number of hydrogen-bond acceptors (Lipinski definition) is 4. The molecule has 2 amide bonds. The topological polar surface area (TPSA) is 86.8 Å². The number of rotatable bonds is 12. The number of benzene rings is 3. The van der Waals surface area contributed by atoms with Gasteiger partial charge in [0.25, 0.3) is 10.0 Å². The van der Waals surface area contributed by atoms with Crippen molar-refractivity contribution in [3.8, 4) is 0 Å². The third-order valence-corrected chi connectivity index (χ3v) is 9.14. The van der Waals surface area contributed by atoms with Gasteiger partial charge in [0.05, 0.1) is 21.2 Å². The fraction of sp³-hybridized carbons (Fsp3) is 0.355. The lowest BCUT2D eigenvalue weighted by Gasteiger charge is -2.33. The fourth-order valence-corrected chi connectivity index (χ4v) is 6.14.